The second kappa shape index (κ2) is 9.45. The van der Waals surface area contributed by atoms with Crippen molar-refractivity contribution < 1.29 is 4.74 Å². The molecule has 0 N–H and O–H groups in total. The Hall–Kier alpha value is -3.61. The van der Waals surface area contributed by atoms with Crippen molar-refractivity contribution in [2.24, 2.45) is 7.05 Å². The first-order valence-corrected chi connectivity index (χ1v) is 12.6. The molecule has 7 heteroatoms. The van der Waals surface area contributed by atoms with Crippen LogP contribution in [0.3, 0.4) is 0 Å². The summed E-state index contributed by atoms with van der Waals surface area (Å²) >= 11 is 0. The lowest BCUT2D eigenvalue weighted by Crippen LogP contribution is -2.47. The standard InChI is InChI=1S/C29H36N6O/c1-20-7-8-22(29(2,3)4)17-21(20)18-25-26-27(30-19-33(26)5)32-28(31-25)35-15-13-34(14-16-35)23-9-11-24(36-6)12-10-23/h7-12,17,19H,13-16,18H2,1-6H3. The van der Waals surface area contributed by atoms with Gasteiger partial charge in [-0.3, -0.25) is 0 Å². The fraction of sp³-hybridized carbons (Fsp3) is 0.414. The Bertz CT molecular complexity index is 1360. The van der Waals surface area contributed by atoms with Crippen LogP contribution in [-0.4, -0.2) is 52.8 Å². The zero-order valence-corrected chi connectivity index (χ0v) is 22.2. The molecule has 0 atom stereocenters. The van der Waals surface area contributed by atoms with Crippen LogP contribution in [0.5, 0.6) is 5.75 Å². The molecule has 0 spiro atoms. The van der Waals surface area contributed by atoms with E-state index in [9.17, 15) is 0 Å². The fourth-order valence-electron chi connectivity index (χ4n) is 4.86. The number of ether oxygens (including phenoxy) is 1. The zero-order chi connectivity index (χ0) is 25.4. The van der Waals surface area contributed by atoms with Gasteiger partial charge in [-0.2, -0.15) is 4.98 Å². The van der Waals surface area contributed by atoms with Gasteiger partial charge in [-0.05, 0) is 53.3 Å². The number of benzene rings is 2. The highest BCUT2D eigenvalue weighted by molar-refractivity contribution is 5.75. The molecule has 0 amide bonds. The van der Waals surface area contributed by atoms with E-state index in [4.69, 9.17) is 14.7 Å². The van der Waals surface area contributed by atoms with Crippen molar-refractivity contribution in [3.8, 4) is 5.75 Å². The lowest BCUT2D eigenvalue weighted by Gasteiger charge is -2.36. The molecule has 2 aromatic carbocycles. The Labute approximate surface area is 213 Å². The molecule has 3 heterocycles. The van der Waals surface area contributed by atoms with Crippen molar-refractivity contribution in [3.63, 3.8) is 0 Å². The van der Waals surface area contributed by atoms with Crippen LogP contribution in [0.4, 0.5) is 11.6 Å². The molecule has 0 aliphatic carbocycles. The van der Waals surface area contributed by atoms with Gasteiger partial charge in [0.25, 0.3) is 0 Å². The topological polar surface area (TPSA) is 59.3 Å². The number of nitrogens with zero attached hydrogens (tertiary/aromatic N) is 6. The van der Waals surface area contributed by atoms with Crippen molar-refractivity contribution in [2.75, 3.05) is 43.1 Å². The summed E-state index contributed by atoms with van der Waals surface area (Å²) in [6, 6.07) is 15.1. The second-order valence-corrected chi connectivity index (χ2v) is 10.7. The van der Waals surface area contributed by atoms with E-state index in [2.05, 4.69) is 72.8 Å². The van der Waals surface area contributed by atoms with Crippen LogP contribution in [-0.2, 0) is 18.9 Å². The number of hydrogen-bond acceptors (Lipinski definition) is 6. The number of aryl methyl sites for hydroxylation is 2. The van der Waals surface area contributed by atoms with Crippen molar-refractivity contribution in [1.29, 1.82) is 0 Å². The highest BCUT2D eigenvalue weighted by Crippen LogP contribution is 2.28. The monoisotopic (exact) mass is 484 g/mol. The van der Waals surface area contributed by atoms with Gasteiger partial charge in [0.2, 0.25) is 5.95 Å². The molecule has 1 aliphatic heterocycles. The molecule has 0 bridgehead atoms. The average molecular weight is 485 g/mol. The van der Waals surface area contributed by atoms with E-state index in [0.717, 1.165) is 61.2 Å². The Morgan fingerprint density at radius 2 is 1.61 bits per heavy atom. The molecule has 0 saturated carbocycles. The lowest BCUT2D eigenvalue weighted by atomic mass is 9.84. The van der Waals surface area contributed by atoms with Gasteiger partial charge in [-0.25, -0.2) is 9.97 Å². The SMILES string of the molecule is COc1ccc(N2CCN(c3nc(Cc4cc(C(C)(C)C)ccc4C)c4c(ncn4C)n3)CC2)cc1. The van der Waals surface area contributed by atoms with Crippen LogP contribution in [0.25, 0.3) is 11.2 Å². The Morgan fingerprint density at radius 3 is 2.28 bits per heavy atom. The average Bonchev–Trinajstić information content (AvgIpc) is 3.25. The molecule has 1 fully saturated rings. The third kappa shape index (κ3) is 4.74. The first kappa shape index (κ1) is 24.1. The van der Waals surface area contributed by atoms with Crippen molar-refractivity contribution >= 4 is 22.8 Å². The smallest absolute Gasteiger partial charge is 0.227 e. The number of hydrogen-bond donors (Lipinski definition) is 0. The van der Waals surface area contributed by atoms with E-state index in [0.29, 0.717) is 0 Å². The van der Waals surface area contributed by atoms with Crippen LogP contribution in [0.2, 0.25) is 0 Å². The van der Waals surface area contributed by atoms with Crippen LogP contribution < -0.4 is 14.5 Å². The summed E-state index contributed by atoms with van der Waals surface area (Å²) in [5, 5.41) is 0. The predicted octanol–water partition coefficient (Wildman–Crippen LogP) is 4.90. The Morgan fingerprint density at radius 1 is 0.917 bits per heavy atom. The van der Waals surface area contributed by atoms with Gasteiger partial charge in [0.15, 0.2) is 5.65 Å². The van der Waals surface area contributed by atoms with Gasteiger partial charge < -0.3 is 19.1 Å². The molecule has 0 radical (unpaired) electrons. The van der Waals surface area contributed by atoms with Gasteiger partial charge in [0, 0.05) is 45.3 Å². The summed E-state index contributed by atoms with van der Waals surface area (Å²) in [5.41, 5.74) is 8.05. The molecule has 7 nitrogen and oxygen atoms in total. The number of imidazole rings is 1. The van der Waals surface area contributed by atoms with Crippen molar-refractivity contribution in [3.05, 3.63) is 71.2 Å². The second-order valence-electron chi connectivity index (χ2n) is 10.7. The molecule has 1 aliphatic rings. The normalized spacial score (nSPS) is 14.5. The molecule has 188 valence electrons. The maximum Gasteiger partial charge on any atom is 0.227 e. The number of aromatic nitrogens is 4. The summed E-state index contributed by atoms with van der Waals surface area (Å²) < 4.78 is 7.34. The lowest BCUT2D eigenvalue weighted by molar-refractivity contribution is 0.415. The van der Waals surface area contributed by atoms with Crippen LogP contribution in [0, 0.1) is 6.92 Å². The number of methoxy groups -OCH3 is 1. The summed E-state index contributed by atoms with van der Waals surface area (Å²) in [5.74, 6) is 1.65. The van der Waals surface area contributed by atoms with Crippen LogP contribution in [0.15, 0.2) is 48.8 Å². The van der Waals surface area contributed by atoms with Gasteiger partial charge in [-0.15, -0.1) is 0 Å². The highest BCUT2D eigenvalue weighted by atomic mass is 16.5. The third-order valence-electron chi connectivity index (χ3n) is 7.21. The number of anilines is 2. The van der Waals surface area contributed by atoms with E-state index in [1.807, 2.05) is 30.1 Å². The maximum atomic E-state index is 5.30. The molecular formula is C29H36N6O. The van der Waals surface area contributed by atoms with Crippen LogP contribution in [0.1, 0.15) is 43.2 Å². The first-order valence-electron chi connectivity index (χ1n) is 12.6. The van der Waals surface area contributed by atoms with Crippen molar-refractivity contribution in [2.45, 2.75) is 39.5 Å². The van der Waals surface area contributed by atoms with Gasteiger partial charge in [0.1, 0.15) is 11.3 Å². The highest BCUT2D eigenvalue weighted by Gasteiger charge is 2.23. The summed E-state index contributed by atoms with van der Waals surface area (Å²) in [6.45, 7) is 12.5. The molecule has 5 rings (SSSR count). The Kier molecular flexibility index (Phi) is 6.33. The molecule has 4 aromatic rings. The quantitative estimate of drug-likeness (QED) is 0.402. The van der Waals surface area contributed by atoms with E-state index >= 15 is 0 Å². The molecule has 0 unspecified atom stereocenters. The van der Waals surface area contributed by atoms with Crippen molar-refractivity contribution in [1.82, 2.24) is 19.5 Å². The molecule has 36 heavy (non-hydrogen) atoms. The largest absolute Gasteiger partial charge is 0.497 e. The maximum absolute atomic E-state index is 5.30. The summed E-state index contributed by atoms with van der Waals surface area (Å²) in [6.07, 6.45) is 2.60. The molecular weight excluding hydrogens is 448 g/mol. The van der Waals surface area contributed by atoms with Gasteiger partial charge in [-0.1, -0.05) is 39.0 Å². The minimum absolute atomic E-state index is 0.102. The minimum atomic E-state index is 0.102. The predicted molar refractivity (Wildman–Crippen MR) is 146 cm³/mol. The number of rotatable bonds is 5. The fourth-order valence-corrected chi connectivity index (χ4v) is 4.86. The summed E-state index contributed by atoms with van der Waals surface area (Å²) in [7, 11) is 3.72. The zero-order valence-electron chi connectivity index (χ0n) is 22.2. The van der Waals surface area contributed by atoms with E-state index in [-0.39, 0.29) is 5.41 Å². The first-order chi connectivity index (χ1) is 17.2. The molecule has 2 aromatic heterocycles. The van der Waals surface area contributed by atoms with Gasteiger partial charge >= 0.3 is 0 Å². The van der Waals surface area contributed by atoms with E-state index in [1.165, 1.54) is 22.4 Å². The third-order valence-corrected chi connectivity index (χ3v) is 7.21. The summed E-state index contributed by atoms with van der Waals surface area (Å²) in [4.78, 5) is 19.3. The number of piperazine rings is 1. The van der Waals surface area contributed by atoms with E-state index in [1.54, 1.807) is 7.11 Å². The minimum Gasteiger partial charge on any atom is -0.497 e. The van der Waals surface area contributed by atoms with Gasteiger partial charge in [0.05, 0.1) is 19.1 Å². The molecule has 1 saturated heterocycles. The van der Waals surface area contributed by atoms with Crippen LogP contribution >= 0.6 is 0 Å². The number of fused-ring (bicyclic) bond motifs is 1. The van der Waals surface area contributed by atoms with E-state index < -0.39 is 0 Å². The Balaban J connectivity index is 1.42.